The first-order valence-corrected chi connectivity index (χ1v) is 16.7. The van der Waals surface area contributed by atoms with Crippen molar-refractivity contribution in [3.63, 3.8) is 0 Å². The summed E-state index contributed by atoms with van der Waals surface area (Å²) in [5.74, 6) is 0.564. The normalized spacial score (nSPS) is 14.2. The van der Waals surface area contributed by atoms with E-state index in [9.17, 15) is 18.0 Å². The summed E-state index contributed by atoms with van der Waals surface area (Å²) in [6.45, 7) is 3.70. The average molecular weight is 688 g/mol. The molecule has 0 spiro atoms. The number of nitrogens with zero attached hydrogens (tertiary/aromatic N) is 7. The summed E-state index contributed by atoms with van der Waals surface area (Å²) in [5.41, 5.74) is 4.85. The van der Waals surface area contributed by atoms with Crippen molar-refractivity contribution in [3.05, 3.63) is 144 Å². The van der Waals surface area contributed by atoms with Crippen LogP contribution in [-0.4, -0.2) is 76.4 Å². The SMILES string of the molecule is CN(C)C(=NC(=O)c1c(N2CCN(Cc3ccccc3)CC2)nn2c(-c3cccc(-c4ccc(C(F)(F)F)cc4)c3)ccnc12)c1ccccc1. The van der Waals surface area contributed by atoms with Crippen LogP contribution in [0.15, 0.2) is 126 Å². The number of carbonyl (C=O) groups excluding carboxylic acids is 1. The molecule has 3 heterocycles. The van der Waals surface area contributed by atoms with Crippen molar-refractivity contribution >= 4 is 23.2 Å². The summed E-state index contributed by atoms with van der Waals surface area (Å²) in [5, 5.41) is 5.04. The number of fused-ring (bicyclic) bond motifs is 1. The lowest BCUT2D eigenvalue weighted by Crippen LogP contribution is -2.46. The van der Waals surface area contributed by atoms with Gasteiger partial charge < -0.3 is 9.80 Å². The quantitative estimate of drug-likeness (QED) is 0.128. The van der Waals surface area contributed by atoms with E-state index in [0.29, 0.717) is 47.2 Å². The van der Waals surface area contributed by atoms with Gasteiger partial charge in [0, 0.05) is 64.1 Å². The van der Waals surface area contributed by atoms with Crippen molar-refractivity contribution in [3.8, 4) is 22.4 Å². The first kappa shape index (κ1) is 33.7. The molecule has 51 heavy (non-hydrogen) atoms. The molecule has 1 saturated heterocycles. The maximum Gasteiger partial charge on any atom is 0.416 e. The minimum atomic E-state index is -4.41. The van der Waals surface area contributed by atoms with Crippen LogP contribution in [0, 0.1) is 0 Å². The highest BCUT2D eigenvalue weighted by molar-refractivity contribution is 6.13. The summed E-state index contributed by atoms with van der Waals surface area (Å²) < 4.78 is 41.4. The molecule has 1 amide bonds. The molecule has 0 saturated carbocycles. The molecular formula is C40H36F3N7O. The smallest absolute Gasteiger partial charge is 0.362 e. The highest BCUT2D eigenvalue weighted by Crippen LogP contribution is 2.34. The maximum atomic E-state index is 14.3. The molecule has 11 heteroatoms. The van der Waals surface area contributed by atoms with Crippen molar-refractivity contribution in [2.45, 2.75) is 12.7 Å². The number of hydrogen-bond acceptors (Lipinski definition) is 5. The Labute approximate surface area is 294 Å². The Kier molecular flexibility index (Phi) is 9.38. The van der Waals surface area contributed by atoms with Gasteiger partial charge in [-0.15, -0.1) is 5.10 Å². The van der Waals surface area contributed by atoms with Gasteiger partial charge in [-0.2, -0.15) is 18.2 Å². The molecule has 0 atom stereocenters. The second-order valence-electron chi connectivity index (χ2n) is 12.7. The Hall–Kier alpha value is -5.81. The number of alkyl halides is 3. The lowest BCUT2D eigenvalue weighted by molar-refractivity contribution is -0.137. The van der Waals surface area contributed by atoms with E-state index in [0.717, 1.165) is 48.5 Å². The van der Waals surface area contributed by atoms with Crippen molar-refractivity contribution in [2.75, 3.05) is 45.2 Å². The van der Waals surface area contributed by atoms with Crippen molar-refractivity contribution in [1.82, 2.24) is 24.4 Å². The number of halogens is 3. The monoisotopic (exact) mass is 687 g/mol. The van der Waals surface area contributed by atoms with Gasteiger partial charge in [0.15, 0.2) is 11.5 Å². The molecular weight excluding hydrogens is 651 g/mol. The zero-order valence-electron chi connectivity index (χ0n) is 28.3. The highest BCUT2D eigenvalue weighted by Gasteiger charge is 2.31. The standard InChI is InChI=1S/C40H36F3N7O/c1-47(2)36(30-12-7-4-8-13-30)45-39(51)35-37-44-21-20-34(32-15-9-14-31(26-32)29-16-18-33(19-17-29)40(41,42)43)50(37)46-38(35)49-24-22-48(23-25-49)27-28-10-5-3-6-11-28/h3-21,26H,22-25,27H2,1-2H3. The summed E-state index contributed by atoms with van der Waals surface area (Å²) in [6.07, 6.45) is -2.77. The molecule has 0 bridgehead atoms. The molecule has 0 radical (unpaired) electrons. The molecule has 258 valence electrons. The third-order valence-corrected chi connectivity index (χ3v) is 9.00. The number of hydrogen-bond donors (Lipinski definition) is 0. The molecule has 1 fully saturated rings. The Morgan fingerprint density at radius 1 is 0.784 bits per heavy atom. The van der Waals surface area contributed by atoms with E-state index in [1.807, 2.05) is 97.9 Å². The molecule has 0 N–H and O–H groups in total. The van der Waals surface area contributed by atoms with Crippen LogP contribution in [0.5, 0.6) is 0 Å². The van der Waals surface area contributed by atoms with Crippen molar-refractivity contribution in [2.24, 2.45) is 4.99 Å². The molecule has 7 rings (SSSR count). The van der Waals surface area contributed by atoms with Gasteiger partial charge in [0.2, 0.25) is 0 Å². The topological polar surface area (TPSA) is 69.3 Å². The fraction of sp³-hybridized carbons (Fsp3) is 0.200. The van der Waals surface area contributed by atoms with Gasteiger partial charge in [-0.05, 0) is 41.0 Å². The number of amidine groups is 1. The predicted octanol–water partition coefficient (Wildman–Crippen LogP) is 7.55. The number of piperazine rings is 1. The van der Waals surface area contributed by atoms with Gasteiger partial charge in [0.25, 0.3) is 5.91 Å². The number of benzene rings is 4. The van der Waals surface area contributed by atoms with E-state index in [4.69, 9.17) is 5.10 Å². The summed E-state index contributed by atoms with van der Waals surface area (Å²) in [4.78, 5) is 30.0. The minimum Gasteiger partial charge on any atom is -0.362 e. The second kappa shape index (κ2) is 14.2. The first-order chi connectivity index (χ1) is 24.7. The maximum absolute atomic E-state index is 14.3. The highest BCUT2D eigenvalue weighted by atomic mass is 19.4. The molecule has 8 nitrogen and oxygen atoms in total. The van der Waals surface area contributed by atoms with E-state index in [1.54, 1.807) is 10.7 Å². The van der Waals surface area contributed by atoms with E-state index < -0.39 is 17.6 Å². The van der Waals surface area contributed by atoms with Gasteiger partial charge in [-0.3, -0.25) is 9.69 Å². The third kappa shape index (κ3) is 7.25. The Balaban J connectivity index is 1.29. The summed E-state index contributed by atoms with van der Waals surface area (Å²) in [7, 11) is 3.70. The van der Waals surface area contributed by atoms with Crippen LogP contribution < -0.4 is 4.90 Å². The molecule has 4 aromatic carbocycles. The second-order valence-corrected chi connectivity index (χ2v) is 12.7. The van der Waals surface area contributed by atoms with E-state index in [2.05, 4.69) is 31.9 Å². The Bertz CT molecular complexity index is 2170. The first-order valence-electron chi connectivity index (χ1n) is 16.7. The lowest BCUT2D eigenvalue weighted by Gasteiger charge is -2.35. The van der Waals surface area contributed by atoms with Gasteiger partial charge in [-0.25, -0.2) is 9.50 Å². The van der Waals surface area contributed by atoms with Crippen LogP contribution in [0.4, 0.5) is 19.0 Å². The molecule has 0 unspecified atom stereocenters. The molecule has 0 aliphatic carbocycles. The average Bonchev–Trinajstić information content (AvgIpc) is 3.55. The van der Waals surface area contributed by atoms with Gasteiger partial charge >= 0.3 is 6.18 Å². The van der Waals surface area contributed by atoms with Crippen molar-refractivity contribution in [1.29, 1.82) is 0 Å². The van der Waals surface area contributed by atoms with Crippen LogP contribution >= 0.6 is 0 Å². The summed E-state index contributed by atoms with van der Waals surface area (Å²) in [6, 6.07) is 34.3. The van der Waals surface area contributed by atoms with Gasteiger partial charge in [0.1, 0.15) is 11.4 Å². The molecule has 1 aliphatic rings. The number of carbonyl (C=O) groups is 1. The fourth-order valence-corrected chi connectivity index (χ4v) is 6.40. The lowest BCUT2D eigenvalue weighted by atomic mass is 10.0. The minimum absolute atomic E-state index is 0.308. The van der Waals surface area contributed by atoms with E-state index in [1.165, 1.54) is 17.7 Å². The Morgan fingerprint density at radius 3 is 2.12 bits per heavy atom. The van der Waals surface area contributed by atoms with Crippen LogP contribution in [0.1, 0.15) is 27.0 Å². The van der Waals surface area contributed by atoms with Gasteiger partial charge in [0.05, 0.1) is 11.3 Å². The van der Waals surface area contributed by atoms with E-state index in [-0.39, 0.29) is 0 Å². The van der Waals surface area contributed by atoms with E-state index >= 15 is 0 Å². The number of rotatable bonds is 7. The van der Waals surface area contributed by atoms with Crippen LogP contribution in [-0.2, 0) is 12.7 Å². The van der Waals surface area contributed by atoms with Crippen LogP contribution in [0.2, 0.25) is 0 Å². The zero-order valence-corrected chi connectivity index (χ0v) is 28.3. The number of anilines is 1. The predicted molar refractivity (Wildman–Crippen MR) is 194 cm³/mol. The third-order valence-electron chi connectivity index (χ3n) is 9.00. The number of amides is 1. The van der Waals surface area contributed by atoms with Crippen LogP contribution in [0.25, 0.3) is 28.0 Å². The largest absolute Gasteiger partial charge is 0.416 e. The molecule has 6 aromatic rings. The van der Waals surface area contributed by atoms with Crippen LogP contribution in [0.3, 0.4) is 0 Å². The molecule has 1 aliphatic heterocycles. The number of aromatic nitrogens is 3. The number of aliphatic imine (C=N–C) groups is 1. The fourth-order valence-electron chi connectivity index (χ4n) is 6.40. The zero-order chi connectivity index (χ0) is 35.5. The summed E-state index contributed by atoms with van der Waals surface area (Å²) >= 11 is 0. The Morgan fingerprint density at radius 2 is 1.45 bits per heavy atom. The molecule has 2 aromatic heterocycles. The van der Waals surface area contributed by atoms with Gasteiger partial charge in [-0.1, -0.05) is 91.0 Å². The van der Waals surface area contributed by atoms with Crippen molar-refractivity contribution < 1.29 is 18.0 Å².